The SMILES string of the molecule is O=C(Nc1nc2ccccc2s1)c1sccc1S(=O)(=O)N1CCCC1. The molecule has 3 aromatic rings. The zero-order chi connectivity index (χ0) is 17.4. The number of rotatable bonds is 4. The number of para-hydroxylation sites is 1. The molecule has 0 aliphatic carbocycles. The van der Waals surface area contributed by atoms with Gasteiger partial charge in [-0.05, 0) is 36.4 Å². The van der Waals surface area contributed by atoms with Gasteiger partial charge in [0, 0.05) is 13.1 Å². The van der Waals surface area contributed by atoms with Gasteiger partial charge in [-0.15, -0.1) is 11.3 Å². The van der Waals surface area contributed by atoms with Crippen LogP contribution in [0.5, 0.6) is 0 Å². The van der Waals surface area contributed by atoms with Crippen LogP contribution in [0.1, 0.15) is 22.5 Å². The molecule has 6 nitrogen and oxygen atoms in total. The average molecular weight is 394 g/mol. The Morgan fingerprint density at radius 2 is 1.92 bits per heavy atom. The first-order valence-corrected chi connectivity index (χ1v) is 10.9. The fourth-order valence-electron chi connectivity index (χ4n) is 2.81. The Labute approximate surface area is 153 Å². The summed E-state index contributed by atoms with van der Waals surface area (Å²) < 4.78 is 27.9. The molecular formula is C16H15N3O3S3. The van der Waals surface area contributed by atoms with Crippen molar-refractivity contribution in [2.75, 3.05) is 18.4 Å². The summed E-state index contributed by atoms with van der Waals surface area (Å²) in [5, 5.41) is 4.83. The molecule has 0 radical (unpaired) electrons. The number of carbonyl (C=O) groups excluding carboxylic acids is 1. The number of hydrogen-bond acceptors (Lipinski definition) is 6. The van der Waals surface area contributed by atoms with Crippen molar-refractivity contribution >= 4 is 54.0 Å². The minimum Gasteiger partial charge on any atom is -0.297 e. The normalized spacial score (nSPS) is 15.7. The third-order valence-electron chi connectivity index (χ3n) is 4.03. The highest BCUT2D eigenvalue weighted by molar-refractivity contribution is 7.89. The minimum atomic E-state index is -3.62. The van der Waals surface area contributed by atoms with Crippen LogP contribution in [0.2, 0.25) is 0 Å². The molecule has 0 atom stereocenters. The quantitative estimate of drug-likeness (QED) is 0.737. The standard InChI is InChI=1S/C16H15N3O3S3/c20-15(18-16-17-11-5-1-2-6-12(11)24-16)14-13(7-10-23-14)25(21,22)19-8-3-4-9-19/h1-2,5-7,10H,3-4,8-9H2,(H,17,18,20). The zero-order valence-electron chi connectivity index (χ0n) is 13.1. The van der Waals surface area contributed by atoms with E-state index in [1.54, 1.807) is 5.38 Å². The lowest BCUT2D eigenvalue weighted by Gasteiger charge is -2.15. The largest absolute Gasteiger partial charge is 0.297 e. The number of thiophene rings is 1. The summed E-state index contributed by atoms with van der Waals surface area (Å²) in [6.07, 6.45) is 1.72. The van der Waals surface area contributed by atoms with E-state index in [0.29, 0.717) is 18.2 Å². The van der Waals surface area contributed by atoms with Crippen molar-refractivity contribution < 1.29 is 13.2 Å². The second-order valence-corrected chi connectivity index (χ2v) is 9.52. The van der Waals surface area contributed by atoms with Crippen molar-refractivity contribution in [3.63, 3.8) is 0 Å². The molecule has 0 saturated carbocycles. The molecule has 2 aromatic heterocycles. The first-order valence-electron chi connectivity index (χ1n) is 7.80. The van der Waals surface area contributed by atoms with Crippen LogP contribution in [0.15, 0.2) is 40.6 Å². The summed E-state index contributed by atoms with van der Waals surface area (Å²) in [7, 11) is -3.62. The molecule has 9 heteroatoms. The van der Waals surface area contributed by atoms with E-state index >= 15 is 0 Å². The van der Waals surface area contributed by atoms with Crippen LogP contribution in [0.3, 0.4) is 0 Å². The van der Waals surface area contributed by atoms with Gasteiger partial charge in [-0.2, -0.15) is 4.31 Å². The number of amides is 1. The molecule has 25 heavy (non-hydrogen) atoms. The average Bonchev–Trinajstić information content (AvgIpc) is 3.33. The number of thiazole rings is 1. The number of sulfonamides is 1. The molecule has 130 valence electrons. The van der Waals surface area contributed by atoms with E-state index in [9.17, 15) is 13.2 Å². The Hall–Kier alpha value is -1.81. The lowest BCUT2D eigenvalue weighted by atomic mass is 10.3. The van der Waals surface area contributed by atoms with Crippen LogP contribution in [0, 0.1) is 0 Å². The highest BCUT2D eigenvalue weighted by atomic mass is 32.2. The van der Waals surface area contributed by atoms with Crippen LogP contribution < -0.4 is 5.32 Å². The minimum absolute atomic E-state index is 0.0815. The van der Waals surface area contributed by atoms with Gasteiger partial charge in [0.05, 0.1) is 10.2 Å². The van der Waals surface area contributed by atoms with Gasteiger partial charge in [-0.25, -0.2) is 13.4 Å². The van der Waals surface area contributed by atoms with E-state index in [0.717, 1.165) is 34.4 Å². The molecule has 1 saturated heterocycles. The maximum absolute atomic E-state index is 12.8. The van der Waals surface area contributed by atoms with Crippen LogP contribution in [0.4, 0.5) is 5.13 Å². The van der Waals surface area contributed by atoms with E-state index in [2.05, 4.69) is 10.3 Å². The Bertz CT molecular complexity index is 1000. The molecule has 1 fully saturated rings. The summed E-state index contributed by atoms with van der Waals surface area (Å²) in [5.74, 6) is -0.438. The number of benzene rings is 1. The van der Waals surface area contributed by atoms with Crippen molar-refractivity contribution in [1.82, 2.24) is 9.29 Å². The van der Waals surface area contributed by atoms with Crippen LogP contribution >= 0.6 is 22.7 Å². The maximum Gasteiger partial charge on any atom is 0.268 e. The molecule has 0 bridgehead atoms. The third kappa shape index (κ3) is 3.08. The van der Waals surface area contributed by atoms with Gasteiger partial charge in [0.25, 0.3) is 5.91 Å². The summed E-state index contributed by atoms with van der Waals surface area (Å²) in [4.78, 5) is 17.3. The third-order valence-corrected chi connectivity index (χ3v) is 7.97. The van der Waals surface area contributed by atoms with Gasteiger partial charge in [0.15, 0.2) is 5.13 Å². The predicted molar refractivity (Wildman–Crippen MR) is 99.9 cm³/mol. The Kier molecular flexibility index (Phi) is 4.32. The topological polar surface area (TPSA) is 79.4 Å². The van der Waals surface area contributed by atoms with Gasteiger partial charge in [0.2, 0.25) is 10.0 Å². The molecule has 3 heterocycles. The maximum atomic E-state index is 12.8. The number of nitrogens with zero attached hydrogens (tertiary/aromatic N) is 2. The van der Waals surface area contributed by atoms with Crippen molar-refractivity contribution in [2.45, 2.75) is 17.7 Å². The molecule has 4 rings (SSSR count). The second kappa shape index (κ2) is 6.49. The van der Waals surface area contributed by atoms with E-state index in [4.69, 9.17) is 0 Å². The molecule has 0 unspecified atom stereocenters. The van der Waals surface area contributed by atoms with Crippen molar-refractivity contribution in [1.29, 1.82) is 0 Å². The molecule has 0 spiro atoms. The smallest absolute Gasteiger partial charge is 0.268 e. The fraction of sp³-hybridized carbons (Fsp3) is 0.250. The van der Waals surface area contributed by atoms with Gasteiger partial charge in [-0.1, -0.05) is 23.5 Å². The van der Waals surface area contributed by atoms with Gasteiger partial charge in [0.1, 0.15) is 9.77 Å². The van der Waals surface area contributed by atoms with Crippen molar-refractivity contribution in [3.05, 3.63) is 40.6 Å². The lowest BCUT2D eigenvalue weighted by molar-refractivity contribution is 0.102. The number of aromatic nitrogens is 1. The summed E-state index contributed by atoms with van der Waals surface area (Å²) in [6, 6.07) is 9.10. The number of fused-ring (bicyclic) bond motifs is 1. The Morgan fingerprint density at radius 1 is 1.16 bits per heavy atom. The first-order chi connectivity index (χ1) is 12.1. The Balaban J connectivity index is 1.62. The molecular weight excluding hydrogens is 378 g/mol. The highest BCUT2D eigenvalue weighted by Gasteiger charge is 2.32. The summed E-state index contributed by atoms with van der Waals surface area (Å²) >= 11 is 2.49. The molecule has 1 aromatic carbocycles. The van der Waals surface area contributed by atoms with Gasteiger partial charge >= 0.3 is 0 Å². The number of anilines is 1. The first kappa shape index (κ1) is 16.6. The van der Waals surface area contributed by atoms with E-state index in [1.165, 1.54) is 21.7 Å². The van der Waals surface area contributed by atoms with Crippen molar-refractivity contribution in [2.24, 2.45) is 0 Å². The summed E-state index contributed by atoms with van der Waals surface area (Å²) in [5.41, 5.74) is 0.805. The highest BCUT2D eigenvalue weighted by Crippen LogP contribution is 2.30. The fourth-order valence-corrected chi connectivity index (χ4v) is 6.49. The number of nitrogens with one attached hydrogen (secondary N) is 1. The van der Waals surface area contributed by atoms with E-state index < -0.39 is 15.9 Å². The molecule has 1 aliphatic heterocycles. The zero-order valence-corrected chi connectivity index (χ0v) is 15.6. The van der Waals surface area contributed by atoms with Gasteiger partial charge in [-0.3, -0.25) is 10.1 Å². The predicted octanol–water partition coefficient (Wildman–Crippen LogP) is 3.39. The number of carbonyl (C=O) groups is 1. The molecule has 1 N–H and O–H groups in total. The summed E-state index contributed by atoms with van der Waals surface area (Å²) in [6.45, 7) is 1.02. The monoisotopic (exact) mass is 393 g/mol. The Morgan fingerprint density at radius 3 is 2.68 bits per heavy atom. The van der Waals surface area contributed by atoms with E-state index in [1.807, 2.05) is 24.3 Å². The van der Waals surface area contributed by atoms with Crippen molar-refractivity contribution in [3.8, 4) is 0 Å². The van der Waals surface area contributed by atoms with Gasteiger partial charge < -0.3 is 0 Å². The van der Waals surface area contributed by atoms with Crippen LogP contribution in [0.25, 0.3) is 10.2 Å². The van der Waals surface area contributed by atoms with Crippen LogP contribution in [-0.2, 0) is 10.0 Å². The molecule has 1 aliphatic rings. The number of hydrogen-bond donors (Lipinski definition) is 1. The lowest BCUT2D eigenvalue weighted by Crippen LogP contribution is -2.29. The molecule has 1 amide bonds. The van der Waals surface area contributed by atoms with E-state index in [-0.39, 0.29) is 9.77 Å². The second-order valence-electron chi connectivity index (χ2n) is 5.67. The van der Waals surface area contributed by atoms with Crippen LogP contribution in [-0.4, -0.2) is 36.7 Å².